The number of aromatic nitrogens is 1. The molecule has 1 aliphatic rings. The maximum Gasteiger partial charge on any atom is 0.270 e. The SMILES string of the molecule is CCc1nc(CN2C(=O)c3ccc([N+](=O)[O-])cc3C2=O)cs1. The second kappa shape index (κ2) is 5.30. The number of thiazole rings is 1. The van der Waals surface area contributed by atoms with Gasteiger partial charge in [0.2, 0.25) is 0 Å². The minimum absolute atomic E-state index is 0.0742. The summed E-state index contributed by atoms with van der Waals surface area (Å²) in [5, 5.41) is 13.5. The molecular weight excluding hydrogens is 306 g/mol. The molecule has 0 radical (unpaired) electrons. The smallest absolute Gasteiger partial charge is 0.269 e. The van der Waals surface area contributed by atoms with E-state index >= 15 is 0 Å². The summed E-state index contributed by atoms with van der Waals surface area (Å²) in [5.41, 5.74) is 0.709. The van der Waals surface area contributed by atoms with Crippen LogP contribution in [0.2, 0.25) is 0 Å². The highest BCUT2D eigenvalue weighted by Gasteiger charge is 2.37. The number of hydrogen-bond donors (Lipinski definition) is 0. The van der Waals surface area contributed by atoms with Gasteiger partial charge in [-0.2, -0.15) is 0 Å². The predicted octanol–water partition coefficient (Wildman–Crippen LogP) is 2.41. The number of fused-ring (bicyclic) bond motifs is 1. The maximum absolute atomic E-state index is 12.3. The first kappa shape index (κ1) is 14.3. The van der Waals surface area contributed by atoms with Gasteiger partial charge in [0.05, 0.1) is 33.3 Å². The summed E-state index contributed by atoms with van der Waals surface area (Å²) in [6.45, 7) is 2.06. The van der Waals surface area contributed by atoms with Gasteiger partial charge in [-0.25, -0.2) is 4.98 Å². The molecule has 0 fully saturated rings. The molecule has 2 aromatic rings. The van der Waals surface area contributed by atoms with Crippen LogP contribution in [0.3, 0.4) is 0 Å². The molecule has 0 saturated heterocycles. The minimum Gasteiger partial charge on any atom is -0.269 e. The zero-order chi connectivity index (χ0) is 15.9. The van der Waals surface area contributed by atoms with Gasteiger partial charge in [-0.3, -0.25) is 24.6 Å². The van der Waals surface area contributed by atoms with Crippen LogP contribution < -0.4 is 0 Å². The Morgan fingerprint density at radius 3 is 2.64 bits per heavy atom. The summed E-state index contributed by atoms with van der Waals surface area (Å²) >= 11 is 1.48. The minimum atomic E-state index is -0.589. The first-order valence-electron chi connectivity index (χ1n) is 6.59. The Morgan fingerprint density at radius 2 is 2.00 bits per heavy atom. The van der Waals surface area contributed by atoms with E-state index in [0.29, 0.717) is 5.69 Å². The Morgan fingerprint density at radius 1 is 1.27 bits per heavy atom. The van der Waals surface area contributed by atoms with Crippen LogP contribution in [-0.2, 0) is 13.0 Å². The fraction of sp³-hybridized carbons (Fsp3) is 0.214. The van der Waals surface area contributed by atoms with Gasteiger partial charge in [0.1, 0.15) is 0 Å². The maximum atomic E-state index is 12.3. The van der Waals surface area contributed by atoms with Crippen LogP contribution in [0.1, 0.15) is 38.3 Å². The Balaban J connectivity index is 1.90. The normalized spacial score (nSPS) is 13.6. The first-order valence-corrected chi connectivity index (χ1v) is 7.47. The Hall–Kier alpha value is -2.61. The molecule has 112 valence electrons. The number of carbonyl (C=O) groups excluding carboxylic acids is 2. The van der Waals surface area contributed by atoms with Crippen molar-refractivity contribution in [3.05, 3.63) is 55.5 Å². The highest BCUT2D eigenvalue weighted by Crippen LogP contribution is 2.28. The van der Waals surface area contributed by atoms with Crippen LogP contribution >= 0.6 is 11.3 Å². The second-order valence-corrected chi connectivity index (χ2v) is 5.71. The number of hydrogen-bond acceptors (Lipinski definition) is 6. The van der Waals surface area contributed by atoms with Crippen LogP contribution in [0, 0.1) is 10.1 Å². The van der Waals surface area contributed by atoms with Crippen LogP contribution in [0.25, 0.3) is 0 Å². The number of imide groups is 1. The predicted molar refractivity (Wildman–Crippen MR) is 78.8 cm³/mol. The fourth-order valence-corrected chi connectivity index (χ4v) is 3.02. The number of non-ortho nitro benzene ring substituents is 1. The zero-order valence-electron chi connectivity index (χ0n) is 11.6. The number of aryl methyl sites for hydroxylation is 1. The molecule has 0 unspecified atom stereocenters. The molecule has 0 aliphatic carbocycles. The van der Waals surface area contributed by atoms with Crippen molar-refractivity contribution in [2.75, 3.05) is 0 Å². The van der Waals surface area contributed by atoms with Crippen molar-refractivity contribution in [1.82, 2.24) is 9.88 Å². The number of rotatable bonds is 4. The van der Waals surface area contributed by atoms with Gasteiger partial charge >= 0.3 is 0 Å². The lowest BCUT2D eigenvalue weighted by Crippen LogP contribution is -2.29. The number of nitrogens with zero attached hydrogens (tertiary/aromatic N) is 3. The number of amides is 2. The van der Waals surface area contributed by atoms with Crippen molar-refractivity contribution in [3.63, 3.8) is 0 Å². The molecule has 0 saturated carbocycles. The topological polar surface area (TPSA) is 93.4 Å². The van der Waals surface area contributed by atoms with E-state index in [2.05, 4.69) is 4.98 Å². The molecule has 8 heteroatoms. The molecule has 3 rings (SSSR count). The molecule has 1 aromatic heterocycles. The summed E-state index contributed by atoms with van der Waals surface area (Å²) in [7, 11) is 0. The van der Waals surface area contributed by atoms with Crippen LogP contribution in [0.5, 0.6) is 0 Å². The summed E-state index contributed by atoms with van der Waals surface area (Å²) in [4.78, 5) is 40.2. The zero-order valence-corrected chi connectivity index (χ0v) is 12.4. The number of nitro benzene ring substituents is 1. The monoisotopic (exact) mass is 317 g/mol. The molecule has 22 heavy (non-hydrogen) atoms. The standard InChI is InChI=1S/C14H11N3O4S/c1-2-12-15-8(7-22-12)6-16-13(18)10-4-3-9(17(20)21)5-11(10)14(16)19/h3-5,7H,2,6H2,1H3. The quantitative estimate of drug-likeness (QED) is 0.490. The van der Waals surface area contributed by atoms with Gasteiger partial charge in [0, 0.05) is 17.5 Å². The summed E-state index contributed by atoms with van der Waals surface area (Å²) in [6, 6.07) is 3.70. The van der Waals surface area contributed by atoms with E-state index in [9.17, 15) is 19.7 Å². The highest BCUT2D eigenvalue weighted by atomic mass is 32.1. The van der Waals surface area contributed by atoms with E-state index in [4.69, 9.17) is 0 Å². The Labute approximate surface area is 129 Å². The van der Waals surface area contributed by atoms with E-state index in [1.807, 2.05) is 12.3 Å². The van der Waals surface area contributed by atoms with Crippen LogP contribution in [0.4, 0.5) is 5.69 Å². The second-order valence-electron chi connectivity index (χ2n) is 4.77. The third kappa shape index (κ3) is 2.27. The third-order valence-electron chi connectivity index (χ3n) is 3.39. The van der Waals surface area contributed by atoms with Crippen molar-refractivity contribution >= 4 is 28.8 Å². The Bertz CT molecular complexity index is 799. The third-order valence-corrected chi connectivity index (χ3v) is 4.43. The van der Waals surface area contributed by atoms with E-state index in [0.717, 1.165) is 22.4 Å². The van der Waals surface area contributed by atoms with E-state index < -0.39 is 16.7 Å². The lowest BCUT2D eigenvalue weighted by molar-refractivity contribution is -0.384. The fourth-order valence-electron chi connectivity index (χ4n) is 2.28. The van der Waals surface area contributed by atoms with Crippen molar-refractivity contribution in [2.45, 2.75) is 19.9 Å². The summed E-state index contributed by atoms with van der Waals surface area (Å²) < 4.78 is 0. The first-order chi connectivity index (χ1) is 10.5. The van der Waals surface area contributed by atoms with E-state index in [1.165, 1.54) is 23.5 Å². The summed E-state index contributed by atoms with van der Waals surface area (Å²) in [5.74, 6) is -0.962. The molecule has 0 bridgehead atoms. The van der Waals surface area contributed by atoms with Crippen molar-refractivity contribution in [2.24, 2.45) is 0 Å². The molecule has 1 aromatic carbocycles. The van der Waals surface area contributed by atoms with Gasteiger partial charge in [0.15, 0.2) is 0 Å². The molecule has 0 spiro atoms. The van der Waals surface area contributed by atoms with Gasteiger partial charge in [-0.1, -0.05) is 6.92 Å². The molecule has 0 N–H and O–H groups in total. The molecular formula is C14H11N3O4S. The van der Waals surface area contributed by atoms with E-state index in [1.54, 1.807) is 0 Å². The number of carbonyl (C=O) groups is 2. The lowest BCUT2D eigenvalue weighted by Gasteiger charge is -2.11. The van der Waals surface area contributed by atoms with Gasteiger partial charge < -0.3 is 0 Å². The average molecular weight is 317 g/mol. The molecule has 7 nitrogen and oxygen atoms in total. The molecule has 1 aliphatic heterocycles. The lowest BCUT2D eigenvalue weighted by atomic mass is 10.1. The van der Waals surface area contributed by atoms with Gasteiger partial charge in [-0.15, -0.1) is 11.3 Å². The Kier molecular flexibility index (Phi) is 3.45. The van der Waals surface area contributed by atoms with Crippen LogP contribution in [0.15, 0.2) is 23.6 Å². The molecule has 2 amide bonds. The molecule has 0 atom stereocenters. The van der Waals surface area contributed by atoms with Gasteiger partial charge in [-0.05, 0) is 12.5 Å². The highest BCUT2D eigenvalue weighted by molar-refractivity contribution is 7.09. The number of benzene rings is 1. The largest absolute Gasteiger partial charge is 0.270 e. The van der Waals surface area contributed by atoms with Crippen molar-refractivity contribution in [1.29, 1.82) is 0 Å². The van der Waals surface area contributed by atoms with Gasteiger partial charge in [0.25, 0.3) is 17.5 Å². The average Bonchev–Trinajstić information content (AvgIpc) is 3.06. The van der Waals surface area contributed by atoms with Crippen molar-refractivity contribution < 1.29 is 14.5 Å². The number of nitro groups is 1. The van der Waals surface area contributed by atoms with Crippen LogP contribution in [-0.4, -0.2) is 26.6 Å². The molecule has 2 heterocycles. The summed E-state index contributed by atoms with van der Waals surface area (Å²) in [6.07, 6.45) is 0.791. The van der Waals surface area contributed by atoms with Crippen molar-refractivity contribution in [3.8, 4) is 0 Å². The van der Waals surface area contributed by atoms with E-state index in [-0.39, 0.29) is 23.4 Å².